The van der Waals surface area contributed by atoms with E-state index in [1.165, 1.54) is 12.1 Å². The minimum atomic E-state index is -3.94. The zero-order chi connectivity index (χ0) is 15.5. The second-order valence-corrected chi connectivity index (χ2v) is 7.09. The standard InChI is InChI=1S/C14H14BrFN2O2S/c15-11-6-7-14(12(16)8-11)21(19,20)18-9-13(17)10-4-2-1-3-5-10/h1-8,13,18H,9,17H2. The maximum Gasteiger partial charge on any atom is 0.243 e. The van der Waals surface area contributed by atoms with Crippen molar-refractivity contribution in [3.63, 3.8) is 0 Å². The van der Waals surface area contributed by atoms with Crippen LogP contribution in [0.3, 0.4) is 0 Å². The third-order valence-electron chi connectivity index (χ3n) is 2.90. The molecular weight excluding hydrogens is 359 g/mol. The molecule has 0 saturated heterocycles. The molecule has 2 aromatic carbocycles. The summed E-state index contributed by atoms with van der Waals surface area (Å²) in [6.45, 7) is -0.0121. The van der Waals surface area contributed by atoms with Crippen LogP contribution >= 0.6 is 15.9 Å². The summed E-state index contributed by atoms with van der Waals surface area (Å²) < 4.78 is 40.7. The van der Waals surface area contributed by atoms with E-state index in [4.69, 9.17) is 5.73 Å². The van der Waals surface area contributed by atoms with Gasteiger partial charge in [0.05, 0.1) is 0 Å². The fraction of sp³-hybridized carbons (Fsp3) is 0.143. The van der Waals surface area contributed by atoms with E-state index in [2.05, 4.69) is 20.7 Å². The fourth-order valence-electron chi connectivity index (χ4n) is 1.79. The van der Waals surface area contributed by atoms with Crippen LogP contribution < -0.4 is 10.5 Å². The Balaban J connectivity index is 2.11. The first kappa shape index (κ1) is 16.1. The molecular formula is C14H14BrFN2O2S. The van der Waals surface area contributed by atoms with Gasteiger partial charge in [-0.1, -0.05) is 46.3 Å². The van der Waals surface area contributed by atoms with Gasteiger partial charge in [0.2, 0.25) is 10.0 Å². The summed E-state index contributed by atoms with van der Waals surface area (Å²) >= 11 is 3.08. The summed E-state index contributed by atoms with van der Waals surface area (Å²) in [5, 5.41) is 0. The van der Waals surface area contributed by atoms with E-state index in [0.717, 1.165) is 11.6 Å². The van der Waals surface area contributed by atoms with E-state index >= 15 is 0 Å². The van der Waals surface area contributed by atoms with Gasteiger partial charge in [-0.25, -0.2) is 17.5 Å². The molecule has 2 aromatic rings. The molecule has 4 nitrogen and oxygen atoms in total. The normalized spacial score (nSPS) is 13.1. The van der Waals surface area contributed by atoms with Crippen LogP contribution in [0.4, 0.5) is 4.39 Å². The molecule has 112 valence electrons. The molecule has 0 radical (unpaired) electrons. The smallest absolute Gasteiger partial charge is 0.243 e. The minimum Gasteiger partial charge on any atom is -0.323 e. The van der Waals surface area contributed by atoms with Crippen LogP contribution in [0.15, 0.2) is 57.9 Å². The summed E-state index contributed by atoms with van der Waals surface area (Å²) in [5.41, 5.74) is 6.72. The highest BCUT2D eigenvalue weighted by atomic mass is 79.9. The fourth-order valence-corrected chi connectivity index (χ4v) is 3.24. The molecule has 0 spiro atoms. The number of sulfonamides is 1. The molecule has 1 atom stereocenters. The molecule has 21 heavy (non-hydrogen) atoms. The zero-order valence-electron chi connectivity index (χ0n) is 11.0. The predicted octanol–water partition coefficient (Wildman–Crippen LogP) is 2.57. The molecule has 0 saturated carbocycles. The predicted molar refractivity (Wildman–Crippen MR) is 82.7 cm³/mol. The second-order valence-electron chi connectivity index (χ2n) is 4.44. The Bertz CT molecular complexity index is 723. The van der Waals surface area contributed by atoms with Gasteiger partial charge in [-0.2, -0.15) is 0 Å². The molecule has 0 amide bonds. The van der Waals surface area contributed by atoms with Crippen LogP contribution in [0.2, 0.25) is 0 Å². The van der Waals surface area contributed by atoms with Crippen molar-refractivity contribution in [3.8, 4) is 0 Å². The summed E-state index contributed by atoms with van der Waals surface area (Å²) in [6, 6.07) is 12.4. The first-order valence-electron chi connectivity index (χ1n) is 6.15. The van der Waals surface area contributed by atoms with Gasteiger partial charge in [0, 0.05) is 17.1 Å². The lowest BCUT2D eigenvalue weighted by molar-refractivity contribution is 0.551. The number of rotatable bonds is 5. The molecule has 0 heterocycles. The van der Waals surface area contributed by atoms with Crippen LogP contribution in [0.5, 0.6) is 0 Å². The molecule has 0 aromatic heterocycles. The van der Waals surface area contributed by atoms with Gasteiger partial charge >= 0.3 is 0 Å². The summed E-state index contributed by atoms with van der Waals surface area (Å²) in [7, 11) is -3.94. The summed E-state index contributed by atoms with van der Waals surface area (Å²) in [4.78, 5) is -0.397. The number of hydrogen-bond acceptors (Lipinski definition) is 3. The Morgan fingerprint density at radius 3 is 2.48 bits per heavy atom. The van der Waals surface area contributed by atoms with Gasteiger partial charge in [-0.3, -0.25) is 0 Å². The van der Waals surface area contributed by atoms with Gasteiger partial charge in [0.1, 0.15) is 10.7 Å². The lowest BCUT2D eigenvalue weighted by Gasteiger charge is -2.14. The van der Waals surface area contributed by atoms with Crippen molar-refractivity contribution in [2.24, 2.45) is 5.73 Å². The first-order valence-corrected chi connectivity index (χ1v) is 8.43. The molecule has 2 rings (SSSR count). The molecule has 0 aliphatic carbocycles. The van der Waals surface area contributed by atoms with Crippen LogP contribution in [-0.4, -0.2) is 15.0 Å². The van der Waals surface area contributed by atoms with E-state index in [1.807, 2.05) is 18.2 Å². The molecule has 3 N–H and O–H groups in total. The number of nitrogens with two attached hydrogens (primary N) is 1. The van der Waals surface area contributed by atoms with E-state index < -0.39 is 26.8 Å². The highest BCUT2D eigenvalue weighted by Crippen LogP contribution is 2.19. The van der Waals surface area contributed by atoms with Gasteiger partial charge in [0.15, 0.2) is 0 Å². The van der Waals surface area contributed by atoms with Crippen LogP contribution in [0.25, 0.3) is 0 Å². The van der Waals surface area contributed by atoms with Crippen molar-refractivity contribution in [1.29, 1.82) is 0 Å². The number of nitrogens with one attached hydrogen (secondary N) is 1. The van der Waals surface area contributed by atoms with Crippen LogP contribution in [-0.2, 0) is 10.0 Å². The molecule has 0 bridgehead atoms. The molecule has 0 fully saturated rings. The molecule has 7 heteroatoms. The third kappa shape index (κ3) is 4.10. The van der Waals surface area contributed by atoms with Crippen LogP contribution in [0, 0.1) is 5.82 Å². The Morgan fingerprint density at radius 1 is 1.19 bits per heavy atom. The van der Waals surface area contributed by atoms with E-state index in [1.54, 1.807) is 12.1 Å². The van der Waals surface area contributed by atoms with Crippen molar-refractivity contribution in [1.82, 2.24) is 4.72 Å². The Morgan fingerprint density at radius 2 is 1.86 bits per heavy atom. The quantitative estimate of drug-likeness (QED) is 0.846. The SMILES string of the molecule is NC(CNS(=O)(=O)c1ccc(Br)cc1F)c1ccccc1. The highest BCUT2D eigenvalue weighted by Gasteiger charge is 2.20. The third-order valence-corrected chi connectivity index (χ3v) is 4.85. The maximum absolute atomic E-state index is 13.7. The molecule has 1 unspecified atom stereocenters. The molecule has 0 aliphatic heterocycles. The number of hydrogen-bond donors (Lipinski definition) is 2. The minimum absolute atomic E-state index is 0.0121. The van der Waals surface area contributed by atoms with Crippen molar-refractivity contribution in [2.45, 2.75) is 10.9 Å². The zero-order valence-corrected chi connectivity index (χ0v) is 13.4. The Labute approximate surface area is 131 Å². The topological polar surface area (TPSA) is 72.2 Å². The lowest BCUT2D eigenvalue weighted by Crippen LogP contribution is -2.32. The lowest BCUT2D eigenvalue weighted by atomic mass is 10.1. The first-order chi connectivity index (χ1) is 9.90. The van der Waals surface area contributed by atoms with Crippen molar-refractivity contribution in [3.05, 3.63) is 64.4 Å². The number of benzene rings is 2. The van der Waals surface area contributed by atoms with E-state index in [-0.39, 0.29) is 6.54 Å². The van der Waals surface area contributed by atoms with Crippen LogP contribution in [0.1, 0.15) is 11.6 Å². The van der Waals surface area contributed by atoms with Gasteiger partial charge in [-0.05, 0) is 23.8 Å². The van der Waals surface area contributed by atoms with Gasteiger partial charge in [0.25, 0.3) is 0 Å². The second kappa shape index (κ2) is 6.65. The maximum atomic E-state index is 13.7. The monoisotopic (exact) mass is 372 g/mol. The van der Waals surface area contributed by atoms with E-state index in [9.17, 15) is 12.8 Å². The summed E-state index contributed by atoms with van der Waals surface area (Å²) in [6.07, 6.45) is 0. The Hall–Kier alpha value is -1.28. The molecule has 0 aliphatic rings. The Kier molecular flexibility index (Phi) is 5.10. The largest absolute Gasteiger partial charge is 0.323 e. The van der Waals surface area contributed by atoms with Gasteiger partial charge in [-0.15, -0.1) is 0 Å². The van der Waals surface area contributed by atoms with Gasteiger partial charge < -0.3 is 5.73 Å². The van der Waals surface area contributed by atoms with Crippen molar-refractivity contribution < 1.29 is 12.8 Å². The van der Waals surface area contributed by atoms with Crippen molar-refractivity contribution in [2.75, 3.05) is 6.54 Å². The average molecular weight is 373 g/mol. The van der Waals surface area contributed by atoms with E-state index in [0.29, 0.717) is 4.47 Å². The number of halogens is 2. The average Bonchev–Trinajstić information content (AvgIpc) is 2.45. The van der Waals surface area contributed by atoms with Crippen molar-refractivity contribution >= 4 is 26.0 Å². The highest BCUT2D eigenvalue weighted by molar-refractivity contribution is 9.10. The summed E-state index contributed by atoms with van der Waals surface area (Å²) in [5.74, 6) is -0.815.